The van der Waals surface area contributed by atoms with E-state index in [2.05, 4.69) is 44.1 Å². The number of nitrogens with one attached hydrogen (secondary N) is 2. The van der Waals surface area contributed by atoms with E-state index in [0.29, 0.717) is 17.3 Å². The molecule has 4 atom stereocenters. The zero-order valence-corrected chi connectivity index (χ0v) is 21.5. The number of piperidine rings is 1. The van der Waals surface area contributed by atoms with Crippen molar-refractivity contribution in [3.63, 3.8) is 0 Å². The van der Waals surface area contributed by atoms with Gasteiger partial charge >= 0.3 is 0 Å². The molecule has 2 fully saturated rings. The highest BCUT2D eigenvalue weighted by Gasteiger charge is 2.58. The van der Waals surface area contributed by atoms with Crippen LogP contribution in [0.3, 0.4) is 0 Å². The number of imidazole rings is 1. The van der Waals surface area contributed by atoms with Crippen LogP contribution < -0.4 is 5.32 Å². The Bertz CT molecular complexity index is 1610. The van der Waals surface area contributed by atoms with Crippen LogP contribution in [0.4, 0.5) is 4.39 Å². The standard InChI is InChI=1S/C30H29FN6O/c1-18-9-19(7-8-30-13-21(30)14-36(2)16-30)10-25(33-18)29(38)35-27(24-11-20-5-3-4-6-23(20)34-24)28-26-12-22(31)15-37(26)17-32-28/h3-6,9-11,17,21-22,27,34H,12-16H2,1-2H3,(H,35,38)/t21-,22-,27?,30+/m1/s1. The zero-order chi connectivity index (χ0) is 26.0. The summed E-state index contributed by atoms with van der Waals surface area (Å²) >= 11 is 0. The van der Waals surface area contributed by atoms with E-state index in [4.69, 9.17) is 0 Å². The van der Waals surface area contributed by atoms with E-state index in [1.54, 1.807) is 12.4 Å². The predicted octanol–water partition coefficient (Wildman–Crippen LogP) is 3.78. The number of aryl methyl sites for hydroxylation is 1. The van der Waals surface area contributed by atoms with Crippen molar-refractivity contribution in [1.82, 2.24) is 29.7 Å². The maximum Gasteiger partial charge on any atom is 0.270 e. The van der Waals surface area contributed by atoms with Gasteiger partial charge < -0.3 is 19.8 Å². The number of H-pyrrole nitrogens is 1. The first kappa shape index (κ1) is 23.2. The molecule has 2 N–H and O–H groups in total. The molecule has 0 radical (unpaired) electrons. The van der Waals surface area contributed by atoms with Gasteiger partial charge in [0.05, 0.1) is 18.6 Å². The lowest BCUT2D eigenvalue weighted by atomic mass is 10.0. The summed E-state index contributed by atoms with van der Waals surface area (Å²) in [5.74, 6) is 7.17. The summed E-state index contributed by atoms with van der Waals surface area (Å²) in [6.07, 6.45) is 2.15. The van der Waals surface area contributed by atoms with Gasteiger partial charge in [0.15, 0.2) is 0 Å². The summed E-state index contributed by atoms with van der Waals surface area (Å²) in [4.78, 5) is 28.5. The van der Waals surface area contributed by atoms with Gasteiger partial charge in [-0.25, -0.2) is 14.4 Å². The molecule has 1 saturated heterocycles. The van der Waals surface area contributed by atoms with Crippen LogP contribution in [0, 0.1) is 30.1 Å². The normalized spacial score (nSPS) is 24.5. The Balaban J connectivity index is 1.21. The third-order valence-electron chi connectivity index (χ3n) is 8.16. The number of alkyl halides is 1. The quantitative estimate of drug-likeness (QED) is 0.411. The fourth-order valence-corrected chi connectivity index (χ4v) is 6.26. The molecule has 3 aliphatic rings. The Labute approximate surface area is 220 Å². The summed E-state index contributed by atoms with van der Waals surface area (Å²) in [5.41, 5.74) is 5.16. The summed E-state index contributed by atoms with van der Waals surface area (Å²) < 4.78 is 16.1. The monoisotopic (exact) mass is 508 g/mol. The minimum atomic E-state index is -0.949. The van der Waals surface area contributed by atoms with Crippen LogP contribution in [-0.2, 0) is 13.0 Å². The maximum atomic E-state index is 14.2. The number of carbonyl (C=O) groups excluding carboxylic acids is 1. The molecule has 3 aromatic heterocycles. The number of aromatic amines is 1. The van der Waals surface area contributed by atoms with Gasteiger partial charge in [0.1, 0.15) is 17.9 Å². The Morgan fingerprint density at radius 2 is 2.13 bits per heavy atom. The number of amides is 1. The van der Waals surface area contributed by atoms with Crippen LogP contribution >= 0.6 is 0 Å². The van der Waals surface area contributed by atoms with Gasteiger partial charge in [0.2, 0.25) is 0 Å². The number of fused-ring (bicyclic) bond motifs is 3. The second-order valence-electron chi connectivity index (χ2n) is 11.1. The van der Waals surface area contributed by atoms with E-state index >= 15 is 0 Å². The molecule has 0 spiro atoms. The van der Waals surface area contributed by atoms with E-state index in [0.717, 1.165) is 53.1 Å². The average Bonchev–Trinajstić information content (AvgIpc) is 3.33. The van der Waals surface area contributed by atoms with Gasteiger partial charge in [0.25, 0.3) is 5.91 Å². The van der Waals surface area contributed by atoms with E-state index in [1.807, 2.05) is 47.9 Å². The number of halogens is 1. The van der Waals surface area contributed by atoms with Crippen LogP contribution in [0.5, 0.6) is 0 Å². The van der Waals surface area contributed by atoms with Crippen molar-refractivity contribution in [1.29, 1.82) is 0 Å². The Kier molecular flexibility index (Phi) is 5.21. The highest BCUT2D eigenvalue weighted by molar-refractivity contribution is 5.93. The summed E-state index contributed by atoms with van der Waals surface area (Å²) in [5, 5.41) is 4.17. The number of aromatic nitrogens is 4. The molecule has 192 valence electrons. The van der Waals surface area contributed by atoms with Crippen molar-refractivity contribution < 1.29 is 9.18 Å². The number of hydrogen-bond acceptors (Lipinski definition) is 4. The fraction of sp³-hybridized carbons (Fsp3) is 0.367. The smallest absolute Gasteiger partial charge is 0.270 e. The van der Waals surface area contributed by atoms with E-state index < -0.39 is 12.2 Å². The van der Waals surface area contributed by atoms with Crippen LogP contribution in [0.15, 0.2) is 48.8 Å². The van der Waals surface area contributed by atoms with Gasteiger partial charge in [-0.3, -0.25) is 4.79 Å². The Morgan fingerprint density at radius 1 is 1.26 bits per heavy atom. The van der Waals surface area contributed by atoms with Gasteiger partial charge in [-0.05, 0) is 56.0 Å². The second-order valence-corrected chi connectivity index (χ2v) is 11.1. The van der Waals surface area contributed by atoms with Gasteiger partial charge in [0, 0.05) is 53.1 Å². The van der Waals surface area contributed by atoms with Crippen molar-refractivity contribution in [2.24, 2.45) is 11.3 Å². The summed E-state index contributed by atoms with van der Waals surface area (Å²) in [6.45, 7) is 4.27. The van der Waals surface area contributed by atoms with Gasteiger partial charge in [-0.1, -0.05) is 30.0 Å². The van der Waals surface area contributed by atoms with Crippen molar-refractivity contribution in [3.05, 3.63) is 82.8 Å². The SMILES string of the molecule is Cc1cc(C#C[C@@]23C[C@@H]2CN(C)C3)cc(C(=O)NC(c2cc3ccccc3[nH]2)c2ncn3c2C[C@@H](F)C3)n1. The number of para-hydroxylation sites is 1. The maximum absolute atomic E-state index is 14.2. The Morgan fingerprint density at radius 3 is 2.95 bits per heavy atom. The highest BCUT2D eigenvalue weighted by Crippen LogP contribution is 2.56. The third-order valence-corrected chi connectivity index (χ3v) is 8.16. The molecule has 0 bridgehead atoms. The minimum absolute atomic E-state index is 0.102. The van der Waals surface area contributed by atoms with Crippen molar-refractivity contribution >= 4 is 16.8 Å². The number of carbonyl (C=O) groups is 1. The van der Waals surface area contributed by atoms with Crippen LogP contribution in [0.2, 0.25) is 0 Å². The van der Waals surface area contributed by atoms with Crippen molar-refractivity contribution in [2.75, 3.05) is 20.1 Å². The van der Waals surface area contributed by atoms with Gasteiger partial charge in [-0.15, -0.1) is 0 Å². The lowest BCUT2D eigenvalue weighted by Gasteiger charge is -2.17. The molecular formula is C30H29FN6O. The van der Waals surface area contributed by atoms with Gasteiger partial charge in [-0.2, -0.15) is 0 Å². The lowest BCUT2D eigenvalue weighted by Crippen LogP contribution is -2.31. The number of pyridine rings is 1. The van der Waals surface area contributed by atoms with E-state index in [-0.39, 0.29) is 24.3 Å². The molecule has 7 rings (SSSR count). The van der Waals surface area contributed by atoms with Crippen LogP contribution in [-0.4, -0.2) is 56.6 Å². The van der Waals surface area contributed by atoms with Crippen molar-refractivity contribution in [2.45, 2.75) is 38.5 Å². The molecular weight excluding hydrogens is 479 g/mol. The highest BCUT2D eigenvalue weighted by atomic mass is 19.1. The molecule has 1 amide bonds. The number of nitrogens with zero attached hydrogens (tertiary/aromatic N) is 4. The first-order valence-corrected chi connectivity index (χ1v) is 13.1. The topological polar surface area (TPSA) is 78.8 Å². The molecule has 8 heteroatoms. The minimum Gasteiger partial charge on any atom is -0.356 e. The molecule has 4 aromatic rings. The average molecular weight is 509 g/mol. The molecule has 2 aliphatic heterocycles. The third kappa shape index (κ3) is 3.98. The van der Waals surface area contributed by atoms with E-state index in [1.165, 1.54) is 0 Å². The molecule has 5 heterocycles. The summed E-state index contributed by atoms with van der Waals surface area (Å²) in [7, 11) is 2.14. The number of likely N-dealkylation sites (tertiary alicyclic amines) is 1. The number of hydrogen-bond donors (Lipinski definition) is 2. The first-order chi connectivity index (χ1) is 18.4. The predicted molar refractivity (Wildman–Crippen MR) is 142 cm³/mol. The van der Waals surface area contributed by atoms with Crippen molar-refractivity contribution in [3.8, 4) is 11.8 Å². The lowest BCUT2D eigenvalue weighted by molar-refractivity contribution is 0.0936. The molecule has 1 aromatic carbocycles. The number of benzene rings is 1. The zero-order valence-electron chi connectivity index (χ0n) is 21.5. The fourth-order valence-electron chi connectivity index (χ4n) is 6.26. The Hall–Kier alpha value is -3.96. The number of rotatable bonds is 4. The molecule has 1 saturated carbocycles. The van der Waals surface area contributed by atoms with Crippen LogP contribution in [0.25, 0.3) is 10.9 Å². The van der Waals surface area contributed by atoms with E-state index in [9.17, 15) is 9.18 Å². The molecule has 38 heavy (non-hydrogen) atoms. The first-order valence-electron chi connectivity index (χ1n) is 13.1. The second kappa shape index (κ2) is 8.53. The summed E-state index contributed by atoms with van der Waals surface area (Å²) in [6, 6.07) is 13.1. The van der Waals surface area contributed by atoms with Crippen LogP contribution in [0.1, 0.15) is 51.3 Å². The molecule has 7 nitrogen and oxygen atoms in total. The molecule has 1 unspecified atom stereocenters. The largest absolute Gasteiger partial charge is 0.356 e. The molecule has 1 aliphatic carbocycles.